The molecule has 0 bridgehead atoms. The average Bonchev–Trinajstić information content (AvgIpc) is 2.35. The Morgan fingerprint density at radius 3 is 2.21 bits per heavy atom. The van der Waals surface area contributed by atoms with Crippen LogP contribution in [-0.2, 0) is 19.3 Å². The van der Waals surface area contributed by atoms with Crippen molar-refractivity contribution >= 4 is 13.6 Å². The van der Waals surface area contributed by atoms with E-state index >= 15 is 0 Å². The second-order valence-electron chi connectivity index (χ2n) is 7.18. The van der Waals surface area contributed by atoms with Crippen LogP contribution in [0.2, 0.25) is 25.7 Å². The quantitative estimate of drug-likeness (QED) is 0.637. The molecular weight excluding hydrogens is 244 g/mol. The lowest BCUT2D eigenvalue weighted by Crippen LogP contribution is -2.19. The van der Waals surface area contributed by atoms with Gasteiger partial charge in [-0.15, -0.1) is 0 Å². The van der Waals surface area contributed by atoms with Gasteiger partial charge >= 0.3 is 0 Å². The first-order chi connectivity index (χ1) is 8.90. The van der Waals surface area contributed by atoms with Gasteiger partial charge in [-0.2, -0.15) is 0 Å². The van der Waals surface area contributed by atoms with Gasteiger partial charge in [0.15, 0.2) is 0 Å². The highest BCUT2D eigenvalue weighted by molar-refractivity contribution is 6.77. The van der Waals surface area contributed by atoms with E-state index in [1.165, 1.54) is 48.4 Å². The molecule has 0 nitrogen and oxygen atoms in total. The highest BCUT2D eigenvalue weighted by atomic mass is 28.3. The van der Waals surface area contributed by atoms with Gasteiger partial charge < -0.3 is 0 Å². The zero-order valence-electron chi connectivity index (χ0n) is 13.1. The summed E-state index contributed by atoms with van der Waals surface area (Å²) in [5, 5.41) is 0. The molecule has 0 fully saturated rings. The van der Waals surface area contributed by atoms with Gasteiger partial charge in [0.05, 0.1) is 0 Å². The van der Waals surface area contributed by atoms with Crippen LogP contribution in [0.1, 0.15) is 42.0 Å². The molecule has 1 aromatic rings. The maximum atomic E-state index is 4.40. The smallest absolute Gasteiger partial charge is 0.0487 e. The van der Waals surface area contributed by atoms with E-state index in [1.54, 1.807) is 11.1 Å². The van der Waals surface area contributed by atoms with Crippen molar-refractivity contribution in [1.82, 2.24) is 0 Å². The van der Waals surface area contributed by atoms with E-state index in [4.69, 9.17) is 0 Å². The summed E-state index contributed by atoms with van der Waals surface area (Å²) in [5.41, 5.74) is 7.56. The number of aryl methyl sites for hydroxylation is 3. The van der Waals surface area contributed by atoms with E-state index in [0.29, 0.717) is 0 Å². The summed E-state index contributed by atoms with van der Waals surface area (Å²) in [4.78, 5) is 0. The van der Waals surface area contributed by atoms with Gasteiger partial charge in [-0.1, -0.05) is 50.8 Å². The van der Waals surface area contributed by atoms with E-state index in [1.807, 2.05) is 0 Å². The summed E-state index contributed by atoms with van der Waals surface area (Å²) in [6, 6.07) is 6.16. The Morgan fingerprint density at radius 2 is 1.68 bits per heavy atom. The van der Waals surface area contributed by atoms with Gasteiger partial charge in [0.2, 0.25) is 0 Å². The second kappa shape index (κ2) is 5.66. The van der Waals surface area contributed by atoms with Crippen LogP contribution in [0.15, 0.2) is 18.7 Å². The van der Waals surface area contributed by atoms with Gasteiger partial charge in [-0.25, -0.2) is 0 Å². The molecule has 0 heterocycles. The Hall–Kier alpha value is -0.823. The van der Waals surface area contributed by atoms with Crippen molar-refractivity contribution in [1.29, 1.82) is 0 Å². The molecule has 1 aliphatic carbocycles. The first-order valence-electron chi connectivity index (χ1n) is 7.73. The summed E-state index contributed by atoms with van der Waals surface area (Å²) in [6.07, 6.45) is 6.41. The molecule has 0 atom stereocenters. The Bertz CT molecular complexity index is 477. The fraction of sp³-hybridized carbons (Fsp3) is 0.556. The molecule has 0 aliphatic heterocycles. The Labute approximate surface area is 119 Å². The Morgan fingerprint density at radius 1 is 1.11 bits per heavy atom. The topological polar surface area (TPSA) is 0 Å². The number of hydrogen-bond donors (Lipinski definition) is 0. The third-order valence-electron chi connectivity index (χ3n) is 4.07. The number of fused-ring (bicyclic) bond motifs is 1. The van der Waals surface area contributed by atoms with Crippen LogP contribution in [0.5, 0.6) is 0 Å². The Balaban J connectivity index is 2.36. The van der Waals surface area contributed by atoms with Gasteiger partial charge in [-0.05, 0) is 60.4 Å². The minimum atomic E-state index is -1.07. The van der Waals surface area contributed by atoms with Gasteiger partial charge in [-0.3, -0.25) is 0 Å². The van der Waals surface area contributed by atoms with Crippen LogP contribution in [0.3, 0.4) is 0 Å². The molecule has 104 valence electrons. The largest absolute Gasteiger partial charge is 0.0955 e. The molecule has 0 spiro atoms. The average molecular weight is 273 g/mol. The molecule has 1 aromatic carbocycles. The maximum Gasteiger partial charge on any atom is 0.0487 e. The van der Waals surface area contributed by atoms with E-state index in [-0.39, 0.29) is 0 Å². The molecule has 0 radical (unpaired) electrons. The SMILES string of the molecule is C=C(C[Si](C)(C)C)c1cc2c(cc1CC)CCCC2. The van der Waals surface area contributed by atoms with E-state index in [9.17, 15) is 0 Å². The van der Waals surface area contributed by atoms with E-state index in [0.717, 1.165) is 6.42 Å². The molecule has 0 aromatic heterocycles. The maximum absolute atomic E-state index is 4.40. The van der Waals surface area contributed by atoms with Crippen LogP contribution in [0.4, 0.5) is 0 Å². The van der Waals surface area contributed by atoms with Crippen molar-refractivity contribution in [3.63, 3.8) is 0 Å². The van der Waals surface area contributed by atoms with Gasteiger partial charge in [0.25, 0.3) is 0 Å². The molecule has 2 rings (SSSR count). The third-order valence-corrected chi connectivity index (χ3v) is 5.56. The molecule has 1 heteroatoms. The van der Waals surface area contributed by atoms with Crippen LogP contribution < -0.4 is 0 Å². The third kappa shape index (κ3) is 3.59. The van der Waals surface area contributed by atoms with Crippen molar-refractivity contribution in [2.75, 3.05) is 0 Å². The molecule has 0 amide bonds. The molecule has 1 aliphatic rings. The zero-order valence-corrected chi connectivity index (χ0v) is 14.1. The summed E-state index contributed by atoms with van der Waals surface area (Å²) >= 11 is 0. The molecule has 0 saturated carbocycles. The lowest BCUT2D eigenvalue weighted by atomic mass is 9.86. The molecular formula is C18H28Si. The fourth-order valence-electron chi connectivity index (χ4n) is 3.19. The standard InChI is InChI=1S/C18H28Si/c1-6-15-11-16-9-7-8-10-17(16)12-18(15)14(2)13-19(3,4)5/h11-12H,2,6-10,13H2,1,3-5H3. The van der Waals surface area contributed by atoms with E-state index in [2.05, 4.69) is 45.3 Å². The van der Waals surface area contributed by atoms with Gasteiger partial charge in [0.1, 0.15) is 0 Å². The summed E-state index contributed by atoms with van der Waals surface area (Å²) in [5.74, 6) is 0. The van der Waals surface area contributed by atoms with Gasteiger partial charge in [0, 0.05) is 8.07 Å². The number of hydrogen-bond acceptors (Lipinski definition) is 0. The van der Waals surface area contributed by atoms with Crippen LogP contribution in [0.25, 0.3) is 5.57 Å². The zero-order chi connectivity index (χ0) is 14.0. The summed E-state index contributed by atoms with van der Waals surface area (Å²) < 4.78 is 0. The number of allylic oxidation sites excluding steroid dienone is 1. The van der Waals surface area contributed by atoms with Crippen molar-refractivity contribution < 1.29 is 0 Å². The van der Waals surface area contributed by atoms with E-state index < -0.39 is 8.07 Å². The molecule has 0 saturated heterocycles. The minimum absolute atomic E-state index is 1.07. The Kier molecular flexibility index (Phi) is 4.35. The first kappa shape index (κ1) is 14.6. The van der Waals surface area contributed by atoms with Crippen molar-refractivity contribution in [2.24, 2.45) is 0 Å². The van der Waals surface area contributed by atoms with Crippen LogP contribution in [-0.4, -0.2) is 8.07 Å². The first-order valence-corrected chi connectivity index (χ1v) is 11.4. The highest BCUT2D eigenvalue weighted by Crippen LogP contribution is 2.32. The van der Waals surface area contributed by atoms with Crippen LogP contribution >= 0.6 is 0 Å². The monoisotopic (exact) mass is 272 g/mol. The summed E-state index contributed by atoms with van der Waals surface area (Å²) in [7, 11) is -1.07. The summed E-state index contributed by atoms with van der Waals surface area (Å²) in [6.45, 7) is 14.0. The number of benzene rings is 1. The molecule has 0 N–H and O–H groups in total. The second-order valence-corrected chi connectivity index (χ2v) is 12.7. The normalized spacial score (nSPS) is 15.2. The lowest BCUT2D eigenvalue weighted by Gasteiger charge is -2.23. The van der Waals surface area contributed by atoms with Crippen LogP contribution in [0, 0.1) is 0 Å². The minimum Gasteiger partial charge on any atom is -0.0955 e. The molecule has 0 unspecified atom stereocenters. The van der Waals surface area contributed by atoms with Crippen molar-refractivity contribution in [2.45, 2.75) is 64.7 Å². The predicted octanol–water partition coefficient (Wildman–Crippen LogP) is 5.48. The van der Waals surface area contributed by atoms with Crippen molar-refractivity contribution in [3.05, 3.63) is 41.0 Å². The predicted molar refractivity (Wildman–Crippen MR) is 89.6 cm³/mol. The lowest BCUT2D eigenvalue weighted by molar-refractivity contribution is 0.684. The highest BCUT2D eigenvalue weighted by Gasteiger charge is 2.19. The molecule has 19 heavy (non-hydrogen) atoms. The fourth-order valence-corrected chi connectivity index (χ4v) is 4.66. The van der Waals surface area contributed by atoms with Crippen molar-refractivity contribution in [3.8, 4) is 0 Å². The number of rotatable bonds is 4.